The van der Waals surface area contributed by atoms with Gasteiger partial charge in [0.1, 0.15) is 5.76 Å². The van der Waals surface area contributed by atoms with Crippen molar-refractivity contribution in [1.29, 1.82) is 0 Å². The number of nitrogens with one attached hydrogen (secondary N) is 1. The summed E-state index contributed by atoms with van der Waals surface area (Å²) in [5.41, 5.74) is 0. The first-order valence-corrected chi connectivity index (χ1v) is 5.05. The average Bonchev–Trinajstić information content (AvgIpc) is 2.19. The van der Waals surface area contributed by atoms with E-state index in [-0.39, 0.29) is 0 Å². The molecule has 1 atom stereocenters. The van der Waals surface area contributed by atoms with E-state index in [4.69, 9.17) is 4.74 Å². The third-order valence-electron chi connectivity index (χ3n) is 2.16. The van der Waals surface area contributed by atoms with E-state index in [0.717, 1.165) is 38.2 Å². The summed E-state index contributed by atoms with van der Waals surface area (Å²) < 4.78 is 5.60. The third-order valence-corrected chi connectivity index (χ3v) is 2.16. The summed E-state index contributed by atoms with van der Waals surface area (Å²) in [7, 11) is 0. The lowest BCUT2D eigenvalue weighted by molar-refractivity contribution is 0.168. The molecule has 2 nitrogen and oxygen atoms in total. The second-order valence-corrected chi connectivity index (χ2v) is 3.23. The maximum atomic E-state index is 5.60. The number of hydrogen-bond acceptors (Lipinski definition) is 2. The molecular formula is C11H19NO. The summed E-state index contributed by atoms with van der Waals surface area (Å²) in [5, 5.41) is 3.39. The van der Waals surface area contributed by atoms with E-state index in [1.165, 1.54) is 0 Å². The van der Waals surface area contributed by atoms with Gasteiger partial charge >= 0.3 is 0 Å². The molecule has 0 aliphatic carbocycles. The molecule has 0 spiro atoms. The maximum absolute atomic E-state index is 5.60. The zero-order valence-electron chi connectivity index (χ0n) is 8.38. The number of hydrogen-bond donors (Lipinski definition) is 1. The Morgan fingerprint density at radius 2 is 2.62 bits per heavy atom. The van der Waals surface area contributed by atoms with E-state index in [9.17, 15) is 0 Å². The normalized spacial score (nSPS) is 18.7. The first-order chi connectivity index (χ1) is 6.38. The van der Waals surface area contributed by atoms with Gasteiger partial charge < -0.3 is 10.1 Å². The van der Waals surface area contributed by atoms with Crippen LogP contribution in [0.3, 0.4) is 0 Å². The molecule has 1 aliphatic heterocycles. The van der Waals surface area contributed by atoms with Crippen molar-refractivity contribution in [3.05, 3.63) is 24.5 Å². The Morgan fingerprint density at radius 1 is 1.77 bits per heavy atom. The van der Waals surface area contributed by atoms with Gasteiger partial charge in [0, 0.05) is 0 Å². The molecule has 1 N–H and O–H groups in total. The summed E-state index contributed by atoms with van der Waals surface area (Å²) >= 11 is 0. The number of allylic oxidation sites excluding steroid dienone is 1. The molecule has 1 heterocycles. The van der Waals surface area contributed by atoms with Crippen LogP contribution in [-0.4, -0.2) is 19.2 Å². The summed E-state index contributed by atoms with van der Waals surface area (Å²) in [6.07, 6.45) is 7.37. The predicted molar refractivity (Wildman–Crippen MR) is 55.5 cm³/mol. The highest BCUT2D eigenvalue weighted by Gasteiger charge is 2.14. The Kier molecular flexibility index (Phi) is 4.61. The molecule has 2 heteroatoms. The molecule has 0 aromatic rings. The molecule has 0 amide bonds. The fourth-order valence-corrected chi connectivity index (χ4v) is 1.53. The van der Waals surface area contributed by atoms with Crippen LogP contribution in [0.5, 0.6) is 0 Å². The lowest BCUT2D eigenvalue weighted by Gasteiger charge is -2.23. The van der Waals surface area contributed by atoms with Crippen LogP contribution in [-0.2, 0) is 4.74 Å². The van der Waals surface area contributed by atoms with Crippen LogP contribution < -0.4 is 5.32 Å². The first kappa shape index (κ1) is 10.3. The molecule has 74 valence electrons. The Hall–Kier alpha value is -0.760. The van der Waals surface area contributed by atoms with E-state index < -0.39 is 0 Å². The van der Waals surface area contributed by atoms with Crippen molar-refractivity contribution < 1.29 is 4.74 Å². The second-order valence-electron chi connectivity index (χ2n) is 3.23. The molecule has 0 radical (unpaired) electrons. The Balaban J connectivity index is 2.50. The molecule has 0 aromatic heterocycles. The second kappa shape index (κ2) is 5.81. The van der Waals surface area contributed by atoms with E-state index in [1.807, 2.05) is 6.08 Å². The SMILES string of the molecule is C=CCC(NCC)C1=CCCCO1. The lowest BCUT2D eigenvalue weighted by Crippen LogP contribution is -2.32. The van der Waals surface area contributed by atoms with Crippen LogP contribution in [0.4, 0.5) is 0 Å². The Morgan fingerprint density at radius 3 is 3.15 bits per heavy atom. The standard InChI is InChI=1S/C11H19NO/c1-3-7-10(12-4-2)11-8-5-6-9-13-11/h3,8,10,12H,1,4-7,9H2,2H3. The highest BCUT2D eigenvalue weighted by Crippen LogP contribution is 2.15. The van der Waals surface area contributed by atoms with Gasteiger partial charge in [0.25, 0.3) is 0 Å². The summed E-state index contributed by atoms with van der Waals surface area (Å²) in [6.45, 7) is 7.70. The fourth-order valence-electron chi connectivity index (χ4n) is 1.53. The fraction of sp³-hybridized carbons (Fsp3) is 0.636. The van der Waals surface area contributed by atoms with Gasteiger partial charge in [-0.15, -0.1) is 6.58 Å². The molecule has 1 aliphatic rings. The van der Waals surface area contributed by atoms with Crippen LogP contribution in [0.25, 0.3) is 0 Å². The minimum atomic E-state index is 0.336. The zero-order chi connectivity index (χ0) is 9.52. The van der Waals surface area contributed by atoms with Crippen molar-refractivity contribution in [2.75, 3.05) is 13.2 Å². The molecule has 0 saturated heterocycles. The van der Waals surface area contributed by atoms with Crippen LogP contribution in [0, 0.1) is 0 Å². The number of rotatable bonds is 5. The van der Waals surface area contributed by atoms with Gasteiger partial charge in [-0.2, -0.15) is 0 Å². The van der Waals surface area contributed by atoms with Crippen LogP contribution >= 0.6 is 0 Å². The van der Waals surface area contributed by atoms with Gasteiger partial charge in [-0.05, 0) is 31.9 Å². The lowest BCUT2D eigenvalue weighted by atomic mass is 10.1. The molecule has 0 bridgehead atoms. The molecule has 13 heavy (non-hydrogen) atoms. The van der Waals surface area contributed by atoms with Crippen LogP contribution in [0.1, 0.15) is 26.2 Å². The van der Waals surface area contributed by atoms with Crippen molar-refractivity contribution >= 4 is 0 Å². The first-order valence-electron chi connectivity index (χ1n) is 5.05. The highest BCUT2D eigenvalue weighted by atomic mass is 16.5. The maximum Gasteiger partial charge on any atom is 0.109 e. The van der Waals surface area contributed by atoms with Crippen molar-refractivity contribution in [2.45, 2.75) is 32.2 Å². The Labute approximate surface area is 80.7 Å². The van der Waals surface area contributed by atoms with E-state index in [2.05, 4.69) is 24.9 Å². The minimum Gasteiger partial charge on any atom is -0.497 e. The predicted octanol–water partition coefficient (Wildman–Crippen LogP) is 2.23. The van der Waals surface area contributed by atoms with E-state index >= 15 is 0 Å². The molecule has 1 rings (SSSR count). The van der Waals surface area contributed by atoms with Gasteiger partial charge in [-0.25, -0.2) is 0 Å². The van der Waals surface area contributed by atoms with Crippen molar-refractivity contribution in [1.82, 2.24) is 5.32 Å². The van der Waals surface area contributed by atoms with Crippen LogP contribution in [0.2, 0.25) is 0 Å². The van der Waals surface area contributed by atoms with Crippen molar-refractivity contribution in [3.8, 4) is 0 Å². The highest BCUT2D eigenvalue weighted by molar-refractivity contribution is 5.07. The molecule has 0 saturated carbocycles. The summed E-state index contributed by atoms with van der Waals surface area (Å²) in [5.74, 6) is 1.10. The minimum absolute atomic E-state index is 0.336. The largest absolute Gasteiger partial charge is 0.497 e. The van der Waals surface area contributed by atoms with Crippen LogP contribution in [0.15, 0.2) is 24.5 Å². The molecule has 1 unspecified atom stereocenters. The summed E-state index contributed by atoms with van der Waals surface area (Å²) in [6, 6.07) is 0.336. The smallest absolute Gasteiger partial charge is 0.109 e. The van der Waals surface area contributed by atoms with Crippen molar-refractivity contribution in [2.24, 2.45) is 0 Å². The quantitative estimate of drug-likeness (QED) is 0.657. The van der Waals surface area contributed by atoms with Gasteiger partial charge in [0.2, 0.25) is 0 Å². The number of ether oxygens (including phenoxy) is 1. The number of likely N-dealkylation sites (N-methyl/N-ethyl adjacent to an activating group) is 1. The van der Waals surface area contributed by atoms with Gasteiger partial charge in [-0.1, -0.05) is 13.0 Å². The molecule has 0 fully saturated rings. The van der Waals surface area contributed by atoms with E-state index in [1.54, 1.807) is 0 Å². The third kappa shape index (κ3) is 3.23. The van der Waals surface area contributed by atoms with Gasteiger partial charge in [-0.3, -0.25) is 0 Å². The van der Waals surface area contributed by atoms with E-state index in [0.29, 0.717) is 6.04 Å². The van der Waals surface area contributed by atoms with Crippen molar-refractivity contribution in [3.63, 3.8) is 0 Å². The molecule has 0 aromatic carbocycles. The summed E-state index contributed by atoms with van der Waals surface area (Å²) in [4.78, 5) is 0. The monoisotopic (exact) mass is 181 g/mol. The average molecular weight is 181 g/mol. The van der Waals surface area contributed by atoms with Gasteiger partial charge in [0.05, 0.1) is 12.6 Å². The topological polar surface area (TPSA) is 21.3 Å². The Bertz CT molecular complexity index is 187. The molecular weight excluding hydrogens is 162 g/mol. The van der Waals surface area contributed by atoms with Gasteiger partial charge in [0.15, 0.2) is 0 Å². The zero-order valence-corrected chi connectivity index (χ0v) is 8.38.